The minimum absolute atomic E-state index is 0.144. The summed E-state index contributed by atoms with van der Waals surface area (Å²) in [5, 5.41) is 5.48. The molecular weight excluding hydrogens is 317 g/mol. The van der Waals surface area contributed by atoms with E-state index in [2.05, 4.69) is 12.0 Å². The van der Waals surface area contributed by atoms with Crippen molar-refractivity contribution in [2.45, 2.75) is 45.7 Å². The maximum absolute atomic E-state index is 13.3. The van der Waals surface area contributed by atoms with Crippen molar-refractivity contribution in [1.82, 2.24) is 0 Å². The van der Waals surface area contributed by atoms with Crippen LogP contribution in [0, 0.1) is 16.7 Å². The predicted molar refractivity (Wildman–Crippen MR) is 84.5 cm³/mol. The third-order valence-corrected chi connectivity index (χ3v) is 5.73. The molecule has 0 bridgehead atoms. The molecule has 1 aromatic rings. The van der Waals surface area contributed by atoms with E-state index in [0.29, 0.717) is 0 Å². The summed E-state index contributed by atoms with van der Waals surface area (Å²) < 4.78 is 40.0. The van der Waals surface area contributed by atoms with Crippen molar-refractivity contribution in [3.63, 3.8) is 0 Å². The van der Waals surface area contributed by atoms with Crippen LogP contribution in [0.25, 0.3) is 0 Å². The van der Waals surface area contributed by atoms with Gasteiger partial charge in [0.1, 0.15) is 0 Å². The highest BCUT2D eigenvalue weighted by atomic mass is 19.4. The number of anilines is 1. The van der Waals surface area contributed by atoms with Gasteiger partial charge < -0.3 is 0 Å². The molecule has 1 unspecified atom stereocenters. The summed E-state index contributed by atoms with van der Waals surface area (Å²) in [5.41, 5.74) is -1.11. The number of para-hydroxylation sites is 1. The number of halogens is 3. The first-order valence-electron chi connectivity index (χ1n) is 8.28. The maximum Gasteiger partial charge on any atom is 0.418 e. The summed E-state index contributed by atoms with van der Waals surface area (Å²) in [6, 6.07) is 5.18. The first kappa shape index (κ1) is 15.7. The van der Waals surface area contributed by atoms with Crippen LogP contribution in [-0.4, -0.2) is 11.6 Å². The van der Waals surface area contributed by atoms with Crippen LogP contribution in [0.5, 0.6) is 0 Å². The fraction of sp³-hybridized carbons (Fsp3) is 0.556. The van der Waals surface area contributed by atoms with Crippen molar-refractivity contribution in [3.8, 4) is 0 Å². The second-order valence-corrected chi connectivity index (χ2v) is 7.62. The number of nitrogens with zero attached hydrogens (tertiary/aromatic N) is 2. The minimum Gasteiger partial charge on any atom is -0.271 e. The molecule has 1 atom stereocenters. The molecule has 2 fully saturated rings. The second kappa shape index (κ2) is 4.61. The molecule has 2 aliphatic carbocycles. The van der Waals surface area contributed by atoms with Crippen LogP contribution in [-0.2, 0) is 11.0 Å². The van der Waals surface area contributed by atoms with Crippen molar-refractivity contribution in [2.24, 2.45) is 21.8 Å². The molecule has 6 heteroatoms. The van der Waals surface area contributed by atoms with Crippen LogP contribution in [0.1, 0.15) is 45.1 Å². The van der Waals surface area contributed by atoms with Crippen LogP contribution < -0.4 is 5.01 Å². The van der Waals surface area contributed by atoms with Crippen LogP contribution in [0.2, 0.25) is 0 Å². The lowest BCUT2D eigenvalue weighted by atomic mass is 9.74. The Morgan fingerprint density at radius 3 is 2.33 bits per heavy atom. The van der Waals surface area contributed by atoms with Gasteiger partial charge in [-0.3, -0.25) is 4.79 Å². The Morgan fingerprint density at radius 1 is 1.17 bits per heavy atom. The molecule has 0 spiro atoms. The van der Waals surface area contributed by atoms with E-state index in [0.717, 1.165) is 42.5 Å². The molecule has 3 nitrogen and oxygen atoms in total. The van der Waals surface area contributed by atoms with Gasteiger partial charge in [-0.15, -0.1) is 0 Å². The molecular formula is C18H19F3N2O. The SMILES string of the molecule is CC1(C2=NN(c3ccccc3C(F)(F)F)C(=O)C2(C)C2CC2)CC1. The molecule has 24 heavy (non-hydrogen) atoms. The molecule has 0 N–H and O–H groups in total. The molecule has 3 aliphatic rings. The maximum atomic E-state index is 13.3. The summed E-state index contributed by atoms with van der Waals surface area (Å²) in [4.78, 5) is 13.1. The zero-order chi connectivity index (χ0) is 17.3. The summed E-state index contributed by atoms with van der Waals surface area (Å²) in [7, 11) is 0. The van der Waals surface area contributed by atoms with E-state index in [-0.39, 0.29) is 22.9 Å². The van der Waals surface area contributed by atoms with E-state index in [1.165, 1.54) is 18.2 Å². The Morgan fingerprint density at radius 2 is 1.79 bits per heavy atom. The van der Waals surface area contributed by atoms with Gasteiger partial charge >= 0.3 is 6.18 Å². The molecule has 0 radical (unpaired) electrons. The van der Waals surface area contributed by atoms with Gasteiger partial charge in [-0.25, -0.2) is 0 Å². The molecule has 1 aromatic carbocycles. The van der Waals surface area contributed by atoms with E-state index in [4.69, 9.17) is 0 Å². The first-order valence-corrected chi connectivity index (χ1v) is 8.28. The van der Waals surface area contributed by atoms with Gasteiger partial charge in [0.2, 0.25) is 0 Å². The number of rotatable bonds is 3. The molecule has 1 amide bonds. The molecule has 1 aliphatic heterocycles. The lowest BCUT2D eigenvalue weighted by Crippen LogP contribution is -2.42. The lowest BCUT2D eigenvalue weighted by Gasteiger charge is -2.27. The van der Waals surface area contributed by atoms with Gasteiger partial charge in [0, 0.05) is 5.41 Å². The van der Waals surface area contributed by atoms with Gasteiger partial charge in [0.15, 0.2) is 0 Å². The zero-order valence-electron chi connectivity index (χ0n) is 13.7. The number of alkyl halides is 3. The standard InChI is InChI=1S/C18H19F3N2O/c1-16(9-10-16)14-17(2,11-7-8-11)15(24)23(22-14)13-6-4-3-5-12(13)18(19,20)21/h3-6,11H,7-10H2,1-2H3. The van der Waals surface area contributed by atoms with E-state index in [1.807, 2.05) is 6.92 Å². The van der Waals surface area contributed by atoms with Crippen molar-refractivity contribution in [3.05, 3.63) is 29.8 Å². The van der Waals surface area contributed by atoms with Crippen LogP contribution in [0.4, 0.5) is 18.9 Å². The summed E-state index contributed by atoms with van der Waals surface area (Å²) in [6.07, 6.45) is -0.765. The Balaban J connectivity index is 1.83. The number of carbonyl (C=O) groups excluding carboxylic acids is 1. The van der Waals surface area contributed by atoms with E-state index >= 15 is 0 Å². The second-order valence-electron chi connectivity index (χ2n) is 7.62. The van der Waals surface area contributed by atoms with Gasteiger partial charge in [0.05, 0.1) is 22.4 Å². The average molecular weight is 336 g/mol. The highest BCUT2D eigenvalue weighted by molar-refractivity contribution is 6.21. The van der Waals surface area contributed by atoms with Gasteiger partial charge in [-0.1, -0.05) is 19.1 Å². The fourth-order valence-corrected chi connectivity index (χ4v) is 3.83. The fourth-order valence-electron chi connectivity index (χ4n) is 3.83. The first-order chi connectivity index (χ1) is 11.2. The zero-order valence-corrected chi connectivity index (χ0v) is 13.7. The number of hydrogen-bond donors (Lipinski definition) is 0. The Hall–Kier alpha value is -1.85. The molecule has 0 saturated heterocycles. The third kappa shape index (κ3) is 2.11. The molecule has 2 saturated carbocycles. The van der Waals surface area contributed by atoms with Gasteiger partial charge in [0.25, 0.3) is 5.91 Å². The quantitative estimate of drug-likeness (QED) is 0.792. The average Bonchev–Trinajstić information content (AvgIpc) is 3.42. The highest BCUT2D eigenvalue weighted by Gasteiger charge is 2.63. The predicted octanol–water partition coefficient (Wildman–Crippen LogP) is 4.62. The Labute approximate surface area is 138 Å². The Bertz CT molecular complexity index is 747. The topological polar surface area (TPSA) is 32.7 Å². The van der Waals surface area contributed by atoms with E-state index in [9.17, 15) is 18.0 Å². The molecule has 128 valence electrons. The number of hydrazone groups is 1. The normalized spacial score (nSPS) is 29.0. The van der Waals surface area contributed by atoms with Crippen LogP contribution in [0.3, 0.4) is 0 Å². The summed E-state index contributed by atoms with van der Waals surface area (Å²) in [6.45, 7) is 3.92. The van der Waals surface area contributed by atoms with Crippen molar-refractivity contribution >= 4 is 17.3 Å². The number of benzene rings is 1. The van der Waals surface area contributed by atoms with Crippen LogP contribution in [0.15, 0.2) is 29.4 Å². The van der Waals surface area contributed by atoms with E-state index < -0.39 is 17.2 Å². The monoisotopic (exact) mass is 336 g/mol. The lowest BCUT2D eigenvalue weighted by molar-refractivity contribution is -0.137. The number of carbonyl (C=O) groups is 1. The largest absolute Gasteiger partial charge is 0.418 e. The summed E-state index contributed by atoms with van der Waals surface area (Å²) >= 11 is 0. The molecule has 1 heterocycles. The number of amides is 1. The van der Waals surface area contributed by atoms with E-state index in [1.54, 1.807) is 0 Å². The highest BCUT2D eigenvalue weighted by Crippen LogP contribution is 2.60. The molecule has 4 rings (SSSR count). The van der Waals surface area contributed by atoms with Gasteiger partial charge in [-0.05, 0) is 50.7 Å². The smallest absolute Gasteiger partial charge is 0.271 e. The number of hydrogen-bond acceptors (Lipinski definition) is 2. The Kier molecular flexibility index (Phi) is 3.01. The van der Waals surface area contributed by atoms with Crippen molar-refractivity contribution in [2.75, 3.05) is 5.01 Å². The minimum atomic E-state index is -4.52. The van der Waals surface area contributed by atoms with Crippen molar-refractivity contribution in [1.29, 1.82) is 0 Å². The molecule has 0 aromatic heterocycles. The third-order valence-electron chi connectivity index (χ3n) is 5.73. The van der Waals surface area contributed by atoms with Gasteiger partial charge in [-0.2, -0.15) is 23.3 Å². The summed E-state index contributed by atoms with van der Waals surface area (Å²) in [5.74, 6) is -0.117. The van der Waals surface area contributed by atoms with Crippen LogP contribution >= 0.6 is 0 Å². The van der Waals surface area contributed by atoms with Crippen molar-refractivity contribution < 1.29 is 18.0 Å².